The normalized spacial score (nSPS) is 11.3. The first-order valence-electron chi connectivity index (χ1n) is 14.3. The summed E-state index contributed by atoms with van der Waals surface area (Å²) < 4.78 is 6.74. The molecule has 0 unspecified atom stereocenters. The van der Waals surface area contributed by atoms with Crippen molar-refractivity contribution in [1.82, 2.24) is 0 Å². The van der Waals surface area contributed by atoms with E-state index in [4.69, 9.17) is 4.42 Å². The van der Waals surface area contributed by atoms with Crippen LogP contribution in [-0.4, -0.2) is 0 Å². The zero-order chi connectivity index (χ0) is 27.9. The number of anilines is 2. The van der Waals surface area contributed by atoms with Crippen molar-refractivity contribution in [2.45, 2.75) is 0 Å². The molecule has 0 aliphatic heterocycles. The number of benzene rings is 7. The van der Waals surface area contributed by atoms with Crippen molar-refractivity contribution in [3.05, 3.63) is 158 Å². The van der Waals surface area contributed by atoms with Gasteiger partial charge in [-0.1, -0.05) is 140 Å². The molecule has 1 heterocycles. The Labute approximate surface area is 244 Å². The second-order valence-corrected chi connectivity index (χ2v) is 10.6. The molecule has 0 spiro atoms. The van der Waals surface area contributed by atoms with Crippen LogP contribution in [0.4, 0.5) is 11.4 Å². The van der Waals surface area contributed by atoms with Gasteiger partial charge in [-0.2, -0.15) is 0 Å². The van der Waals surface area contributed by atoms with E-state index in [9.17, 15) is 0 Å². The maximum Gasteiger partial charge on any atom is 0.159 e. The Morgan fingerprint density at radius 1 is 0.405 bits per heavy atom. The Bertz CT molecular complexity index is 2190. The second kappa shape index (κ2) is 10.1. The third kappa shape index (κ3) is 4.13. The predicted molar refractivity (Wildman–Crippen MR) is 177 cm³/mol. The Morgan fingerprint density at radius 3 is 1.67 bits per heavy atom. The van der Waals surface area contributed by atoms with Gasteiger partial charge in [-0.15, -0.1) is 0 Å². The minimum Gasteiger partial charge on any atom is -0.453 e. The Balaban J connectivity index is 1.24. The number of furan rings is 1. The molecule has 42 heavy (non-hydrogen) atoms. The van der Waals surface area contributed by atoms with Crippen LogP contribution < -0.4 is 5.32 Å². The number of hydrogen-bond donors (Lipinski definition) is 1. The number of hydrogen-bond acceptors (Lipinski definition) is 2. The average molecular weight is 538 g/mol. The number of para-hydroxylation sites is 1. The van der Waals surface area contributed by atoms with Crippen molar-refractivity contribution in [3.8, 4) is 33.4 Å². The molecule has 2 heteroatoms. The van der Waals surface area contributed by atoms with Crippen molar-refractivity contribution in [2.24, 2.45) is 0 Å². The van der Waals surface area contributed by atoms with Gasteiger partial charge in [0.15, 0.2) is 5.58 Å². The third-order valence-electron chi connectivity index (χ3n) is 8.06. The van der Waals surface area contributed by atoms with Gasteiger partial charge in [-0.3, -0.25) is 0 Å². The Kier molecular flexibility index (Phi) is 5.82. The molecule has 0 amide bonds. The van der Waals surface area contributed by atoms with E-state index in [1.807, 2.05) is 6.07 Å². The molecule has 0 atom stereocenters. The molecule has 1 N–H and O–H groups in total. The fourth-order valence-electron chi connectivity index (χ4n) is 6.08. The number of fused-ring (bicyclic) bond motifs is 5. The summed E-state index contributed by atoms with van der Waals surface area (Å²) in [6.45, 7) is 0. The van der Waals surface area contributed by atoms with Gasteiger partial charge in [-0.25, -0.2) is 0 Å². The summed E-state index contributed by atoms with van der Waals surface area (Å²) in [5.41, 5.74) is 10.8. The highest BCUT2D eigenvalue weighted by molar-refractivity contribution is 6.23. The monoisotopic (exact) mass is 537 g/mol. The molecular formula is C40H27NO. The van der Waals surface area contributed by atoms with Crippen LogP contribution in [0.25, 0.3) is 66.1 Å². The molecule has 0 aliphatic carbocycles. The summed E-state index contributed by atoms with van der Waals surface area (Å²) >= 11 is 0. The predicted octanol–water partition coefficient (Wildman–Crippen LogP) is 11.5. The van der Waals surface area contributed by atoms with Crippen molar-refractivity contribution in [1.29, 1.82) is 0 Å². The first-order valence-corrected chi connectivity index (χ1v) is 14.3. The van der Waals surface area contributed by atoms with Crippen molar-refractivity contribution in [3.63, 3.8) is 0 Å². The van der Waals surface area contributed by atoms with Gasteiger partial charge >= 0.3 is 0 Å². The fourth-order valence-corrected chi connectivity index (χ4v) is 6.08. The van der Waals surface area contributed by atoms with Crippen molar-refractivity contribution < 1.29 is 4.42 Å². The van der Waals surface area contributed by atoms with Crippen LogP contribution in [0.5, 0.6) is 0 Å². The van der Waals surface area contributed by atoms with E-state index in [2.05, 4.69) is 157 Å². The van der Waals surface area contributed by atoms with Crippen molar-refractivity contribution in [2.75, 3.05) is 5.32 Å². The van der Waals surface area contributed by atoms with Gasteiger partial charge < -0.3 is 9.73 Å². The second-order valence-electron chi connectivity index (χ2n) is 10.6. The van der Waals surface area contributed by atoms with Gasteiger partial charge in [0.1, 0.15) is 5.58 Å². The largest absolute Gasteiger partial charge is 0.453 e. The summed E-state index contributed by atoms with van der Waals surface area (Å²) in [4.78, 5) is 0. The van der Waals surface area contributed by atoms with E-state index < -0.39 is 0 Å². The van der Waals surface area contributed by atoms with Crippen LogP contribution in [0.3, 0.4) is 0 Å². The maximum absolute atomic E-state index is 6.74. The minimum absolute atomic E-state index is 0.866. The highest BCUT2D eigenvalue weighted by Crippen LogP contribution is 2.43. The minimum atomic E-state index is 0.866. The SMILES string of the molecule is c1ccc(-c2ccccc2-c2ccc(Nc3cc4ccccc4c4c3oc3c(-c5ccccc5)cccc34)cc2)cc1. The van der Waals surface area contributed by atoms with Gasteiger partial charge in [0.25, 0.3) is 0 Å². The van der Waals surface area contributed by atoms with Gasteiger partial charge in [0.2, 0.25) is 0 Å². The topological polar surface area (TPSA) is 25.2 Å². The quantitative estimate of drug-likeness (QED) is 0.236. The van der Waals surface area contributed by atoms with Gasteiger partial charge in [0.05, 0.1) is 5.69 Å². The average Bonchev–Trinajstić information content (AvgIpc) is 3.47. The zero-order valence-electron chi connectivity index (χ0n) is 22.9. The first kappa shape index (κ1) is 24.2. The number of rotatable bonds is 5. The van der Waals surface area contributed by atoms with Crippen LogP contribution in [0.15, 0.2) is 162 Å². The molecule has 8 aromatic rings. The smallest absolute Gasteiger partial charge is 0.159 e. The summed E-state index contributed by atoms with van der Waals surface area (Å²) in [6.07, 6.45) is 0. The van der Waals surface area contributed by atoms with E-state index in [0.717, 1.165) is 44.4 Å². The lowest BCUT2D eigenvalue weighted by molar-refractivity contribution is 0.671. The standard InChI is InChI=1S/C40H27NO/c1-3-12-27(13-4-1)32-17-9-10-18-33(32)29-22-24-31(25-23-29)41-37-26-30-16-7-8-19-34(30)38-36-21-11-20-35(39(36)42-40(37)38)28-14-5-2-6-15-28/h1-26,41H. The van der Waals surface area contributed by atoms with Crippen LogP contribution in [0.1, 0.15) is 0 Å². The fraction of sp³-hybridized carbons (Fsp3) is 0. The lowest BCUT2D eigenvalue weighted by Gasteiger charge is -2.12. The molecule has 198 valence electrons. The molecule has 0 aliphatic rings. The highest BCUT2D eigenvalue weighted by Gasteiger charge is 2.18. The molecule has 0 saturated carbocycles. The molecule has 8 rings (SSSR count). The summed E-state index contributed by atoms with van der Waals surface area (Å²) in [5.74, 6) is 0. The molecule has 2 nitrogen and oxygen atoms in total. The summed E-state index contributed by atoms with van der Waals surface area (Å²) in [5, 5.41) is 8.31. The molecule has 0 radical (unpaired) electrons. The maximum atomic E-state index is 6.74. The lowest BCUT2D eigenvalue weighted by Crippen LogP contribution is -1.92. The van der Waals surface area contributed by atoms with Crippen molar-refractivity contribution >= 4 is 44.1 Å². The van der Waals surface area contributed by atoms with Crippen LogP contribution in [0, 0.1) is 0 Å². The van der Waals surface area contributed by atoms with Gasteiger partial charge in [-0.05, 0) is 56.8 Å². The molecule has 0 fully saturated rings. The van der Waals surface area contributed by atoms with E-state index in [1.165, 1.54) is 33.0 Å². The van der Waals surface area contributed by atoms with Crippen LogP contribution >= 0.6 is 0 Å². The molecule has 1 aromatic heterocycles. The van der Waals surface area contributed by atoms with E-state index in [-0.39, 0.29) is 0 Å². The lowest BCUT2D eigenvalue weighted by atomic mass is 9.94. The zero-order valence-corrected chi connectivity index (χ0v) is 22.9. The number of nitrogens with one attached hydrogen (secondary N) is 1. The van der Waals surface area contributed by atoms with E-state index >= 15 is 0 Å². The highest BCUT2D eigenvalue weighted by atomic mass is 16.3. The molecule has 0 bridgehead atoms. The molecule has 0 saturated heterocycles. The molecule has 7 aromatic carbocycles. The van der Waals surface area contributed by atoms with Crippen LogP contribution in [-0.2, 0) is 0 Å². The third-order valence-corrected chi connectivity index (χ3v) is 8.06. The van der Waals surface area contributed by atoms with Crippen LogP contribution in [0.2, 0.25) is 0 Å². The molecular weight excluding hydrogens is 510 g/mol. The summed E-state index contributed by atoms with van der Waals surface area (Å²) in [6, 6.07) is 55.4. The first-order chi connectivity index (χ1) is 20.8. The summed E-state index contributed by atoms with van der Waals surface area (Å²) in [7, 11) is 0. The Hall–Kier alpha value is -5.60. The van der Waals surface area contributed by atoms with Gasteiger partial charge in [0, 0.05) is 22.0 Å². The van der Waals surface area contributed by atoms with E-state index in [0.29, 0.717) is 0 Å². The van der Waals surface area contributed by atoms with E-state index in [1.54, 1.807) is 0 Å². The Morgan fingerprint density at radius 2 is 0.952 bits per heavy atom.